The van der Waals surface area contributed by atoms with E-state index in [0.717, 1.165) is 5.82 Å². The zero-order chi connectivity index (χ0) is 12.1. The predicted molar refractivity (Wildman–Crippen MR) is 61.7 cm³/mol. The third-order valence-corrected chi connectivity index (χ3v) is 2.23. The molecule has 88 valence electrons. The molecule has 0 aromatic carbocycles. The number of nitro groups is 1. The lowest BCUT2D eigenvalue weighted by molar-refractivity contribution is -0.384. The van der Waals surface area contributed by atoms with Gasteiger partial charge in [-0.25, -0.2) is 4.98 Å². The van der Waals surface area contributed by atoms with Crippen LogP contribution in [0.1, 0.15) is 5.82 Å². The van der Waals surface area contributed by atoms with Gasteiger partial charge in [-0.05, 0) is 6.07 Å². The van der Waals surface area contributed by atoms with E-state index in [4.69, 9.17) is 0 Å². The number of imidazole rings is 1. The molecule has 0 fully saturated rings. The molecule has 0 aliphatic heterocycles. The fraction of sp³-hybridized carbons (Fsp3) is 0.200. The van der Waals surface area contributed by atoms with E-state index in [1.54, 1.807) is 18.5 Å². The van der Waals surface area contributed by atoms with E-state index in [1.807, 2.05) is 0 Å². The summed E-state index contributed by atoms with van der Waals surface area (Å²) in [6, 6.07) is 1.58. The number of hydrogen-bond acceptors (Lipinski definition) is 5. The second kappa shape index (κ2) is 5.06. The van der Waals surface area contributed by atoms with Gasteiger partial charge in [0.15, 0.2) is 0 Å². The SMILES string of the molecule is O=[N+]([O-])c1cnccc1NCCc1ncc[nH]1. The van der Waals surface area contributed by atoms with Gasteiger partial charge >= 0.3 is 5.69 Å². The summed E-state index contributed by atoms with van der Waals surface area (Å²) in [4.78, 5) is 21.0. The maximum Gasteiger partial charge on any atom is 0.310 e. The van der Waals surface area contributed by atoms with E-state index >= 15 is 0 Å². The molecular weight excluding hydrogens is 222 g/mol. The molecule has 0 aliphatic carbocycles. The highest BCUT2D eigenvalue weighted by atomic mass is 16.6. The third kappa shape index (κ3) is 2.77. The first-order valence-electron chi connectivity index (χ1n) is 5.08. The molecule has 0 saturated carbocycles. The van der Waals surface area contributed by atoms with Crippen LogP contribution in [0.3, 0.4) is 0 Å². The van der Waals surface area contributed by atoms with E-state index < -0.39 is 4.92 Å². The number of nitrogens with one attached hydrogen (secondary N) is 2. The van der Waals surface area contributed by atoms with Gasteiger partial charge in [0.05, 0.1) is 4.92 Å². The standard InChI is InChI=1S/C10H11N5O2/c16-15(17)9-7-11-3-1-8(9)12-4-2-10-13-5-6-14-10/h1,3,5-7H,2,4H2,(H,11,12)(H,13,14). The Bertz CT molecular complexity index is 497. The van der Waals surface area contributed by atoms with E-state index in [0.29, 0.717) is 18.7 Å². The second-order valence-corrected chi connectivity index (χ2v) is 3.36. The molecule has 17 heavy (non-hydrogen) atoms. The minimum Gasteiger partial charge on any atom is -0.379 e. The van der Waals surface area contributed by atoms with Crippen LogP contribution in [0.2, 0.25) is 0 Å². The van der Waals surface area contributed by atoms with Crippen LogP contribution in [-0.2, 0) is 6.42 Å². The van der Waals surface area contributed by atoms with Crippen LogP contribution in [0.4, 0.5) is 11.4 Å². The van der Waals surface area contributed by atoms with Gasteiger partial charge in [0.1, 0.15) is 17.7 Å². The molecule has 7 nitrogen and oxygen atoms in total. The van der Waals surface area contributed by atoms with Crippen molar-refractivity contribution in [3.05, 3.63) is 46.8 Å². The van der Waals surface area contributed by atoms with Crippen molar-refractivity contribution in [2.45, 2.75) is 6.42 Å². The van der Waals surface area contributed by atoms with Crippen LogP contribution in [0.25, 0.3) is 0 Å². The van der Waals surface area contributed by atoms with Crippen molar-refractivity contribution in [1.82, 2.24) is 15.0 Å². The molecule has 0 bridgehead atoms. The molecule has 0 unspecified atom stereocenters. The number of aromatic amines is 1. The molecule has 0 saturated heterocycles. The van der Waals surface area contributed by atoms with Gasteiger partial charge in [-0.1, -0.05) is 0 Å². The van der Waals surface area contributed by atoms with Crippen molar-refractivity contribution in [3.63, 3.8) is 0 Å². The first-order chi connectivity index (χ1) is 8.27. The summed E-state index contributed by atoms with van der Waals surface area (Å²) in [5, 5.41) is 13.7. The maximum atomic E-state index is 10.7. The summed E-state index contributed by atoms with van der Waals surface area (Å²) >= 11 is 0. The molecule has 7 heteroatoms. The topological polar surface area (TPSA) is 96.7 Å². The van der Waals surface area contributed by atoms with Gasteiger partial charge in [0, 0.05) is 31.6 Å². The molecule has 0 spiro atoms. The van der Waals surface area contributed by atoms with Gasteiger partial charge in [-0.15, -0.1) is 0 Å². The molecule has 0 amide bonds. The molecular formula is C10H11N5O2. The Morgan fingerprint density at radius 2 is 2.35 bits per heavy atom. The van der Waals surface area contributed by atoms with Crippen molar-refractivity contribution in [2.75, 3.05) is 11.9 Å². The lowest BCUT2D eigenvalue weighted by atomic mass is 10.3. The van der Waals surface area contributed by atoms with Gasteiger partial charge in [-0.3, -0.25) is 15.1 Å². The molecule has 0 radical (unpaired) electrons. The quantitative estimate of drug-likeness (QED) is 0.600. The average molecular weight is 233 g/mol. The predicted octanol–water partition coefficient (Wildman–Crippen LogP) is 1.37. The minimum absolute atomic E-state index is 0.0213. The zero-order valence-electron chi connectivity index (χ0n) is 8.96. The number of rotatable bonds is 5. The Balaban J connectivity index is 1.97. The highest BCUT2D eigenvalue weighted by Gasteiger charge is 2.12. The monoisotopic (exact) mass is 233 g/mol. The molecule has 0 atom stereocenters. The minimum atomic E-state index is -0.456. The van der Waals surface area contributed by atoms with Crippen LogP contribution < -0.4 is 5.32 Å². The zero-order valence-corrected chi connectivity index (χ0v) is 8.96. The van der Waals surface area contributed by atoms with E-state index in [9.17, 15) is 10.1 Å². The van der Waals surface area contributed by atoms with Gasteiger partial charge < -0.3 is 10.3 Å². The summed E-state index contributed by atoms with van der Waals surface area (Å²) < 4.78 is 0. The largest absolute Gasteiger partial charge is 0.379 e. The number of H-pyrrole nitrogens is 1. The van der Waals surface area contributed by atoms with Crippen molar-refractivity contribution in [1.29, 1.82) is 0 Å². The van der Waals surface area contributed by atoms with Crippen molar-refractivity contribution < 1.29 is 4.92 Å². The van der Waals surface area contributed by atoms with E-state index in [-0.39, 0.29) is 5.69 Å². The highest BCUT2D eigenvalue weighted by molar-refractivity contribution is 5.59. The lowest BCUT2D eigenvalue weighted by Gasteiger charge is -2.04. The van der Waals surface area contributed by atoms with Crippen LogP contribution >= 0.6 is 0 Å². The summed E-state index contributed by atoms with van der Waals surface area (Å²) in [6.07, 6.45) is 6.83. The van der Waals surface area contributed by atoms with Crippen molar-refractivity contribution in [2.24, 2.45) is 0 Å². The Kier molecular flexibility index (Phi) is 3.29. The summed E-state index contributed by atoms with van der Waals surface area (Å²) in [7, 11) is 0. The van der Waals surface area contributed by atoms with Crippen LogP contribution in [0, 0.1) is 10.1 Å². The summed E-state index contributed by atoms with van der Waals surface area (Å²) in [5.41, 5.74) is 0.448. The third-order valence-electron chi connectivity index (χ3n) is 2.23. The lowest BCUT2D eigenvalue weighted by Crippen LogP contribution is -2.07. The van der Waals surface area contributed by atoms with E-state index in [2.05, 4.69) is 20.3 Å². The molecule has 2 heterocycles. The van der Waals surface area contributed by atoms with Gasteiger partial charge in [0.25, 0.3) is 0 Å². The van der Waals surface area contributed by atoms with Crippen molar-refractivity contribution >= 4 is 11.4 Å². The molecule has 2 rings (SSSR count). The number of anilines is 1. The Labute approximate surface area is 97.1 Å². The summed E-state index contributed by atoms with van der Waals surface area (Å²) in [5.74, 6) is 0.842. The maximum absolute atomic E-state index is 10.7. The van der Waals surface area contributed by atoms with Crippen LogP contribution in [0.5, 0.6) is 0 Å². The smallest absolute Gasteiger partial charge is 0.310 e. The second-order valence-electron chi connectivity index (χ2n) is 3.36. The van der Waals surface area contributed by atoms with E-state index in [1.165, 1.54) is 12.4 Å². The normalized spacial score (nSPS) is 10.1. The number of hydrogen-bond donors (Lipinski definition) is 2. The highest BCUT2D eigenvalue weighted by Crippen LogP contribution is 2.21. The Morgan fingerprint density at radius 3 is 3.06 bits per heavy atom. The van der Waals surface area contributed by atoms with Crippen LogP contribution in [0.15, 0.2) is 30.9 Å². The van der Waals surface area contributed by atoms with Gasteiger partial charge in [-0.2, -0.15) is 0 Å². The first-order valence-corrected chi connectivity index (χ1v) is 5.08. The molecule has 2 aromatic heterocycles. The number of nitrogens with zero attached hydrogens (tertiary/aromatic N) is 3. The molecule has 2 aromatic rings. The first kappa shape index (κ1) is 11.1. The average Bonchev–Trinajstić information content (AvgIpc) is 2.82. The Morgan fingerprint density at radius 1 is 1.47 bits per heavy atom. The van der Waals surface area contributed by atoms with Crippen molar-refractivity contribution in [3.8, 4) is 0 Å². The molecule has 0 aliphatic rings. The van der Waals surface area contributed by atoms with Gasteiger partial charge in [0.2, 0.25) is 0 Å². The number of aromatic nitrogens is 3. The summed E-state index contributed by atoms with van der Waals surface area (Å²) in [6.45, 7) is 0.568. The fourth-order valence-corrected chi connectivity index (χ4v) is 1.43. The van der Waals surface area contributed by atoms with Crippen LogP contribution in [-0.4, -0.2) is 26.4 Å². The molecule has 2 N–H and O–H groups in total. The Hall–Kier alpha value is -2.44. The fourth-order valence-electron chi connectivity index (χ4n) is 1.43. The number of pyridine rings is 1.